The highest BCUT2D eigenvalue weighted by Crippen LogP contribution is 2.87. The van der Waals surface area contributed by atoms with Crippen LogP contribution in [-0.4, -0.2) is 60.5 Å². The Morgan fingerprint density at radius 2 is 1.65 bits per heavy atom. The second-order valence-electron chi connectivity index (χ2n) is 22.7. The molecule has 7 nitrogen and oxygen atoms in total. The van der Waals surface area contributed by atoms with Crippen molar-refractivity contribution >= 4 is 11.9 Å². The van der Waals surface area contributed by atoms with Gasteiger partial charge in [-0.2, -0.15) is 0 Å². The quantitative estimate of drug-likeness (QED) is 0.242. The molecule has 5 fully saturated rings. The lowest BCUT2D eigenvalue weighted by Gasteiger charge is -2.72. The molecule has 2 aromatic rings. The first-order chi connectivity index (χ1) is 30.9. The Bertz CT molecular complexity index is 2330. The number of carbonyl (C=O) groups is 2. The van der Waals surface area contributed by atoms with E-state index in [-0.39, 0.29) is 17.9 Å². The van der Waals surface area contributed by atoms with Crippen molar-refractivity contribution in [3.05, 3.63) is 105 Å². The molecule has 3 saturated heterocycles. The average Bonchev–Trinajstić information content (AvgIpc) is 3.73. The molecule has 2 N–H and O–H groups in total. The Hall–Kier alpha value is -3.68. The van der Waals surface area contributed by atoms with Crippen LogP contribution in [0.2, 0.25) is 0 Å². The third kappa shape index (κ3) is 5.33. The minimum Gasteiger partial charge on any atom is -0.449 e. The Balaban J connectivity index is 1.08. The lowest BCUT2D eigenvalue weighted by Crippen LogP contribution is -2.77. The number of aryl methyl sites for hydroxylation is 2. The molecule has 6 aliphatic carbocycles. The first-order valence-electron chi connectivity index (χ1n) is 25.8. The highest BCUT2D eigenvalue weighted by molar-refractivity contribution is 6.00. The fourth-order valence-electron chi connectivity index (χ4n) is 17.9. The minimum atomic E-state index is -0.965. The number of esters is 2. The first-order valence-corrected chi connectivity index (χ1v) is 25.8. The molecular weight excluding hydrogens is 779 g/mol. The van der Waals surface area contributed by atoms with Gasteiger partial charge in [0.15, 0.2) is 5.60 Å². The Labute approximate surface area is 375 Å². The summed E-state index contributed by atoms with van der Waals surface area (Å²) in [6.07, 6.45) is 24.1. The van der Waals surface area contributed by atoms with Gasteiger partial charge in [-0.25, -0.2) is 4.79 Å². The summed E-state index contributed by atoms with van der Waals surface area (Å²) in [6, 6.07) is 16.5. The number of hydrogen-bond acceptors (Lipinski definition) is 7. The summed E-state index contributed by atoms with van der Waals surface area (Å²) in [4.78, 5) is 36.8. The summed E-state index contributed by atoms with van der Waals surface area (Å²) in [5.74, 6) is 4.19. The van der Waals surface area contributed by atoms with Gasteiger partial charge in [0.05, 0.1) is 11.0 Å². The fourth-order valence-corrected chi connectivity index (χ4v) is 17.9. The van der Waals surface area contributed by atoms with E-state index in [4.69, 9.17) is 15.2 Å². The second-order valence-corrected chi connectivity index (χ2v) is 22.7. The number of benzene rings is 2. The zero-order valence-electron chi connectivity index (χ0n) is 37.8. The maximum Gasteiger partial charge on any atom is 0.339 e. The molecule has 2 aromatic carbocycles. The molecule has 11 unspecified atom stereocenters. The van der Waals surface area contributed by atoms with Crippen LogP contribution in [0.4, 0.5) is 0 Å². The topological polar surface area (TPSA) is 85.1 Å². The van der Waals surface area contributed by atoms with E-state index in [9.17, 15) is 4.79 Å². The van der Waals surface area contributed by atoms with Crippen molar-refractivity contribution in [1.82, 2.24) is 9.80 Å². The summed E-state index contributed by atoms with van der Waals surface area (Å²) < 4.78 is 14.5. The molecule has 14 aliphatic rings. The van der Waals surface area contributed by atoms with Crippen LogP contribution in [-0.2, 0) is 39.1 Å². The summed E-state index contributed by atoms with van der Waals surface area (Å²) in [6.45, 7) is 7.77. The molecule has 8 heterocycles. The number of ether oxygens (including phenoxy) is 2. The zero-order valence-corrected chi connectivity index (χ0v) is 37.8. The minimum absolute atomic E-state index is 0.0363. The number of hydrogen-bond donors (Lipinski definition) is 1. The molecule has 2 saturated carbocycles. The SMILES string of the molecule is CC1CC=C2C3C4=C5CC(Cc6cccc(c6)CCCCC6C57C(=O)OC(=CCC(C5CCCCC5)N5CC8CC(CN2C8)C5)C7(CC4)C62OC(=O)c4c(CCCN)cccc42)C13. The molecule has 7 heteroatoms. The molecule has 0 aromatic heterocycles. The zero-order chi connectivity index (χ0) is 42.2. The summed E-state index contributed by atoms with van der Waals surface area (Å²) in [5.41, 5.74) is 13.8. The van der Waals surface area contributed by atoms with Crippen LogP contribution < -0.4 is 5.73 Å². The van der Waals surface area contributed by atoms with Crippen molar-refractivity contribution in [2.75, 3.05) is 32.7 Å². The van der Waals surface area contributed by atoms with Crippen LogP contribution in [0.1, 0.15) is 136 Å². The number of carbonyl (C=O) groups excluding carboxylic acids is 2. The average molecular weight is 848 g/mol. The van der Waals surface area contributed by atoms with Gasteiger partial charge in [0.1, 0.15) is 11.2 Å². The second kappa shape index (κ2) is 14.7. The molecule has 8 aliphatic heterocycles. The summed E-state index contributed by atoms with van der Waals surface area (Å²) in [7, 11) is 0. The maximum absolute atomic E-state index is 16.1. The van der Waals surface area contributed by atoms with Gasteiger partial charge in [0, 0.05) is 55.3 Å². The van der Waals surface area contributed by atoms with Crippen molar-refractivity contribution in [3.63, 3.8) is 0 Å². The Morgan fingerprint density at radius 3 is 2.49 bits per heavy atom. The van der Waals surface area contributed by atoms with E-state index in [2.05, 4.69) is 71.3 Å². The molecule has 16 rings (SSSR count). The van der Waals surface area contributed by atoms with Crippen LogP contribution in [0.5, 0.6) is 0 Å². The molecule has 0 radical (unpaired) electrons. The monoisotopic (exact) mass is 848 g/mol. The van der Waals surface area contributed by atoms with E-state index in [1.807, 2.05) is 0 Å². The van der Waals surface area contributed by atoms with E-state index in [0.29, 0.717) is 54.0 Å². The van der Waals surface area contributed by atoms with E-state index < -0.39 is 16.4 Å². The van der Waals surface area contributed by atoms with Gasteiger partial charge in [0.25, 0.3) is 0 Å². The van der Waals surface area contributed by atoms with Gasteiger partial charge in [-0.05, 0) is 155 Å². The van der Waals surface area contributed by atoms with Crippen molar-refractivity contribution in [2.24, 2.45) is 63.9 Å². The van der Waals surface area contributed by atoms with Crippen molar-refractivity contribution in [3.8, 4) is 0 Å². The third-order valence-corrected chi connectivity index (χ3v) is 19.9. The lowest BCUT2D eigenvalue weighted by atomic mass is 9.28. The fraction of sp³-hybridized carbons (Fsp3) is 0.643. The number of allylic oxidation sites excluding steroid dienone is 2. The van der Waals surface area contributed by atoms with Crippen LogP contribution in [0.25, 0.3) is 0 Å². The first kappa shape index (κ1) is 39.7. The maximum atomic E-state index is 16.1. The van der Waals surface area contributed by atoms with Gasteiger partial charge >= 0.3 is 11.9 Å². The lowest BCUT2D eigenvalue weighted by molar-refractivity contribution is -0.278. The smallest absolute Gasteiger partial charge is 0.339 e. The van der Waals surface area contributed by atoms with Crippen LogP contribution in [0.3, 0.4) is 0 Å². The highest BCUT2D eigenvalue weighted by Gasteiger charge is 2.92. The van der Waals surface area contributed by atoms with Crippen molar-refractivity contribution in [2.45, 2.75) is 134 Å². The molecule has 3 spiro atoms. The molecule has 0 amide bonds. The van der Waals surface area contributed by atoms with Crippen LogP contribution in [0, 0.1) is 58.2 Å². The normalized spacial score (nSPS) is 41.1. The van der Waals surface area contributed by atoms with Gasteiger partial charge in [-0.3, -0.25) is 9.69 Å². The molecule has 11 atom stereocenters. The molecular formula is C56H69N3O4. The largest absolute Gasteiger partial charge is 0.449 e. The van der Waals surface area contributed by atoms with Crippen molar-refractivity contribution < 1.29 is 19.1 Å². The Morgan fingerprint density at radius 1 is 0.841 bits per heavy atom. The number of fused-ring (bicyclic) bond motifs is 7. The van der Waals surface area contributed by atoms with Gasteiger partial charge in [0.2, 0.25) is 0 Å². The number of nitrogens with two attached hydrogens (primary N) is 1. The summed E-state index contributed by atoms with van der Waals surface area (Å²) >= 11 is 0. The predicted molar refractivity (Wildman–Crippen MR) is 244 cm³/mol. The van der Waals surface area contributed by atoms with E-state index in [1.165, 1.54) is 68.3 Å². The number of nitrogens with zero attached hydrogens (tertiary/aromatic N) is 2. The molecule has 63 heavy (non-hydrogen) atoms. The van der Waals surface area contributed by atoms with E-state index >= 15 is 4.79 Å². The third-order valence-electron chi connectivity index (χ3n) is 19.9. The number of piperidine rings is 2. The van der Waals surface area contributed by atoms with Gasteiger partial charge < -0.3 is 20.1 Å². The van der Waals surface area contributed by atoms with E-state index in [0.717, 1.165) is 113 Å². The van der Waals surface area contributed by atoms with Crippen LogP contribution in [0.15, 0.2) is 77.2 Å². The standard InChI is InChI=1S/C56H69N3O4/c1-34-19-20-46-51-42-23-24-54-48(22-21-45(39-13-3-2-4-14-39)58-30-37-27-38(31-58)33-59(46)32-37)62-53(61)55(54)44(42)29-41(49(34)51)28-36-12-7-11-35(26-36)10-5-6-18-47(55)56(54)43-17-8-15-40(16-9-25-57)50(43)52(60)63-56/h7-8,11-12,15,17,20,22,26,34,37-39,41,45,47,49,51H,2-6,9-10,13-14,16,18-19,21,23-25,27-33,57H2,1H3. The van der Waals surface area contributed by atoms with Gasteiger partial charge in [-0.1, -0.05) is 92.3 Å². The summed E-state index contributed by atoms with van der Waals surface area (Å²) in [5, 5.41) is 0. The van der Waals surface area contributed by atoms with Gasteiger partial charge in [-0.15, -0.1) is 0 Å². The Kier molecular flexibility index (Phi) is 9.23. The van der Waals surface area contributed by atoms with E-state index in [1.54, 1.807) is 11.3 Å². The van der Waals surface area contributed by atoms with Crippen LogP contribution >= 0.6 is 0 Å². The number of rotatable bonds is 4. The molecule has 332 valence electrons. The van der Waals surface area contributed by atoms with Crippen molar-refractivity contribution in [1.29, 1.82) is 0 Å². The molecule has 13 bridgehead atoms. The predicted octanol–water partition coefficient (Wildman–Crippen LogP) is 9.83. The highest BCUT2D eigenvalue weighted by atomic mass is 16.6.